The van der Waals surface area contributed by atoms with Crippen molar-refractivity contribution in [1.82, 2.24) is 4.98 Å². The van der Waals surface area contributed by atoms with Gasteiger partial charge in [-0.05, 0) is 18.1 Å². The van der Waals surface area contributed by atoms with E-state index in [1.54, 1.807) is 0 Å². The molecule has 1 aromatic rings. The van der Waals surface area contributed by atoms with Crippen LogP contribution >= 0.6 is 22.6 Å². The summed E-state index contributed by atoms with van der Waals surface area (Å²) in [4.78, 5) is 4.30. The van der Waals surface area contributed by atoms with Crippen molar-refractivity contribution < 1.29 is 0 Å². The molecule has 0 radical (unpaired) electrons. The first-order chi connectivity index (χ1) is 4.86. The first-order valence-corrected chi connectivity index (χ1v) is 4.67. The van der Waals surface area contributed by atoms with Crippen molar-refractivity contribution >= 4 is 22.6 Å². The van der Waals surface area contributed by atoms with Crippen LogP contribution in [0.3, 0.4) is 0 Å². The molecule has 1 aliphatic carbocycles. The molecule has 52 valence electrons. The topological polar surface area (TPSA) is 12.9 Å². The highest BCUT2D eigenvalue weighted by Crippen LogP contribution is 2.24. The molecule has 1 nitrogen and oxygen atoms in total. The quantitative estimate of drug-likeness (QED) is 0.503. The minimum absolute atomic E-state index is 0.780. The number of aromatic nitrogens is 1. The van der Waals surface area contributed by atoms with Crippen LogP contribution in [0.4, 0.5) is 0 Å². The summed E-state index contributed by atoms with van der Waals surface area (Å²) in [6.45, 7) is 0. The predicted molar refractivity (Wildman–Crippen MR) is 49.5 cm³/mol. The van der Waals surface area contributed by atoms with E-state index in [9.17, 15) is 0 Å². The molecular formula is C8H8IN. The lowest BCUT2D eigenvalue weighted by Gasteiger charge is -1.91. The number of nitrogens with zero attached hydrogens (tertiary/aromatic N) is 1. The van der Waals surface area contributed by atoms with E-state index in [0.29, 0.717) is 0 Å². The van der Waals surface area contributed by atoms with E-state index in [-0.39, 0.29) is 0 Å². The zero-order chi connectivity index (χ0) is 6.97. The molecule has 1 atom stereocenters. The maximum atomic E-state index is 4.30. The summed E-state index contributed by atoms with van der Waals surface area (Å²) in [6.07, 6.45) is 4.26. The molecule has 0 N–H and O–H groups in total. The van der Waals surface area contributed by atoms with Crippen LogP contribution in [-0.4, -0.2) is 8.91 Å². The van der Waals surface area contributed by atoms with Gasteiger partial charge < -0.3 is 0 Å². The normalized spacial score (nSPS) is 22.7. The molecule has 1 unspecified atom stereocenters. The smallest absolute Gasteiger partial charge is 0.0446 e. The number of fused-ring (bicyclic) bond motifs is 1. The summed E-state index contributed by atoms with van der Waals surface area (Å²) in [7, 11) is 0. The Morgan fingerprint density at radius 1 is 1.50 bits per heavy atom. The molecule has 2 heteroatoms. The van der Waals surface area contributed by atoms with Gasteiger partial charge in [-0.25, -0.2) is 0 Å². The lowest BCUT2D eigenvalue weighted by molar-refractivity contribution is 0.956. The van der Waals surface area contributed by atoms with Crippen LogP contribution in [0.5, 0.6) is 0 Å². The highest BCUT2D eigenvalue weighted by Gasteiger charge is 2.18. The Labute approximate surface area is 74.0 Å². The third kappa shape index (κ3) is 1.05. The van der Waals surface area contributed by atoms with Gasteiger partial charge in [0.15, 0.2) is 0 Å². The Balaban J connectivity index is 2.42. The van der Waals surface area contributed by atoms with Gasteiger partial charge in [-0.15, -0.1) is 0 Å². The highest BCUT2D eigenvalue weighted by molar-refractivity contribution is 14.1. The monoisotopic (exact) mass is 245 g/mol. The Hall–Kier alpha value is -0.120. The molecule has 1 aromatic heterocycles. The van der Waals surface area contributed by atoms with E-state index in [2.05, 4.69) is 33.6 Å². The molecular weight excluding hydrogens is 237 g/mol. The molecule has 2 rings (SSSR count). The minimum atomic E-state index is 0.780. The van der Waals surface area contributed by atoms with Crippen molar-refractivity contribution in [2.45, 2.75) is 16.8 Å². The first-order valence-electron chi connectivity index (χ1n) is 3.43. The molecule has 0 fully saturated rings. The molecule has 0 aromatic carbocycles. The molecule has 0 aliphatic heterocycles. The Bertz CT molecular complexity index is 222. The number of pyridine rings is 1. The molecule has 0 spiro atoms. The number of alkyl halides is 1. The molecule has 1 heterocycles. The fourth-order valence-corrected chi connectivity index (χ4v) is 2.25. The lowest BCUT2D eigenvalue weighted by Crippen LogP contribution is -1.93. The molecule has 0 bridgehead atoms. The van der Waals surface area contributed by atoms with Gasteiger partial charge in [0.05, 0.1) is 0 Å². The van der Waals surface area contributed by atoms with Gasteiger partial charge >= 0.3 is 0 Å². The van der Waals surface area contributed by atoms with Crippen LogP contribution < -0.4 is 0 Å². The standard InChI is InChI=1S/C8H8IN/c9-7-4-6-2-1-3-10-8(6)5-7/h1-3,7H,4-5H2. The Kier molecular flexibility index (Phi) is 1.64. The van der Waals surface area contributed by atoms with Crippen LogP contribution in [0, 0.1) is 0 Å². The molecule has 10 heavy (non-hydrogen) atoms. The van der Waals surface area contributed by atoms with E-state index in [1.807, 2.05) is 12.3 Å². The second-order valence-electron chi connectivity index (χ2n) is 2.61. The molecule has 0 saturated heterocycles. The number of hydrogen-bond acceptors (Lipinski definition) is 1. The van der Waals surface area contributed by atoms with Crippen molar-refractivity contribution in [3.8, 4) is 0 Å². The second kappa shape index (κ2) is 2.49. The fraction of sp³-hybridized carbons (Fsp3) is 0.375. The van der Waals surface area contributed by atoms with Gasteiger partial charge in [0, 0.05) is 22.2 Å². The zero-order valence-corrected chi connectivity index (χ0v) is 7.71. The van der Waals surface area contributed by atoms with Gasteiger partial charge in [-0.2, -0.15) is 0 Å². The first kappa shape index (κ1) is 6.58. The SMILES string of the molecule is IC1Cc2cccnc2C1. The van der Waals surface area contributed by atoms with Crippen molar-refractivity contribution in [3.05, 3.63) is 29.6 Å². The van der Waals surface area contributed by atoms with Crippen LogP contribution in [-0.2, 0) is 12.8 Å². The summed E-state index contributed by atoms with van der Waals surface area (Å²) in [5.41, 5.74) is 2.75. The summed E-state index contributed by atoms with van der Waals surface area (Å²) >= 11 is 2.49. The van der Waals surface area contributed by atoms with Gasteiger partial charge in [0.2, 0.25) is 0 Å². The number of halogens is 1. The van der Waals surface area contributed by atoms with E-state index in [0.717, 1.165) is 10.3 Å². The maximum absolute atomic E-state index is 4.30. The van der Waals surface area contributed by atoms with Crippen molar-refractivity contribution in [2.75, 3.05) is 0 Å². The van der Waals surface area contributed by atoms with Gasteiger partial charge in [0.1, 0.15) is 0 Å². The van der Waals surface area contributed by atoms with Gasteiger partial charge in [-0.3, -0.25) is 4.98 Å². The van der Waals surface area contributed by atoms with Gasteiger partial charge in [-0.1, -0.05) is 28.7 Å². The number of hydrogen-bond donors (Lipinski definition) is 0. The molecule has 0 amide bonds. The maximum Gasteiger partial charge on any atom is 0.0446 e. The largest absolute Gasteiger partial charge is 0.261 e. The zero-order valence-electron chi connectivity index (χ0n) is 5.55. The van der Waals surface area contributed by atoms with Gasteiger partial charge in [0.25, 0.3) is 0 Å². The third-order valence-electron chi connectivity index (χ3n) is 1.84. The Morgan fingerprint density at radius 3 is 3.20 bits per heavy atom. The Morgan fingerprint density at radius 2 is 2.40 bits per heavy atom. The summed E-state index contributed by atoms with van der Waals surface area (Å²) < 4.78 is 0.780. The summed E-state index contributed by atoms with van der Waals surface area (Å²) in [6, 6.07) is 4.20. The van der Waals surface area contributed by atoms with Crippen LogP contribution in [0.2, 0.25) is 0 Å². The van der Waals surface area contributed by atoms with Crippen LogP contribution in [0.15, 0.2) is 18.3 Å². The van der Waals surface area contributed by atoms with E-state index in [1.165, 1.54) is 17.7 Å². The van der Waals surface area contributed by atoms with E-state index in [4.69, 9.17) is 0 Å². The predicted octanol–water partition coefficient (Wildman–Crippen LogP) is 1.98. The average Bonchev–Trinajstić information content (AvgIpc) is 2.27. The molecule has 1 aliphatic rings. The lowest BCUT2D eigenvalue weighted by atomic mass is 10.2. The summed E-state index contributed by atoms with van der Waals surface area (Å²) in [5, 5.41) is 0. The minimum Gasteiger partial charge on any atom is -0.261 e. The summed E-state index contributed by atoms with van der Waals surface area (Å²) in [5.74, 6) is 0. The average molecular weight is 245 g/mol. The van der Waals surface area contributed by atoms with Crippen molar-refractivity contribution in [2.24, 2.45) is 0 Å². The van der Waals surface area contributed by atoms with E-state index < -0.39 is 0 Å². The second-order valence-corrected chi connectivity index (χ2v) is 4.38. The molecule has 0 saturated carbocycles. The van der Waals surface area contributed by atoms with Crippen LogP contribution in [0.1, 0.15) is 11.3 Å². The van der Waals surface area contributed by atoms with Crippen molar-refractivity contribution in [3.63, 3.8) is 0 Å². The third-order valence-corrected chi connectivity index (χ3v) is 2.72. The number of rotatable bonds is 0. The fourth-order valence-electron chi connectivity index (χ4n) is 1.36. The van der Waals surface area contributed by atoms with E-state index >= 15 is 0 Å². The van der Waals surface area contributed by atoms with Crippen LogP contribution in [0.25, 0.3) is 0 Å². The highest BCUT2D eigenvalue weighted by atomic mass is 127. The van der Waals surface area contributed by atoms with Crippen molar-refractivity contribution in [1.29, 1.82) is 0 Å².